The fraction of sp³-hybridized carbons (Fsp3) is 0.429. The van der Waals surface area contributed by atoms with E-state index in [4.69, 9.17) is 9.47 Å². The zero-order valence-corrected chi connectivity index (χ0v) is 16.7. The van der Waals surface area contributed by atoms with E-state index in [1.165, 1.54) is 5.56 Å². The van der Waals surface area contributed by atoms with Gasteiger partial charge in [-0.3, -0.25) is 4.90 Å². The SMILES string of the molecule is Cc1ccc(Oc2ccc(NC(=O)NCC(C)(C)N3CCOCC3)cn2)cc1. The minimum Gasteiger partial charge on any atom is -0.439 e. The van der Waals surface area contributed by atoms with Crippen LogP contribution >= 0.6 is 0 Å². The first-order valence-electron chi connectivity index (χ1n) is 9.51. The lowest BCUT2D eigenvalue weighted by molar-refractivity contribution is -0.00863. The van der Waals surface area contributed by atoms with Crippen LogP contribution in [0.25, 0.3) is 0 Å². The summed E-state index contributed by atoms with van der Waals surface area (Å²) in [5.74, 6) is 1.20. The molecular formula is C21H28N4O3. The molecule has 1 aromatic heterocycles. The quantitative estimate of drug-likeness (QED) is 0.798. The number of aryl methyl sites for hydroxylation is 1. The van der Waals surface area contributed by atoms with Gasteiger partial charge in [0, 0.05) is 31.2 Å². The monoisotopic (exact) mass is 384 g/mol. The number of nitrogens with one attached hydrogen (secondary N) is 2. The molecule has 1 aliphatic rings. The first-order valence-corrected chi connectivity index (χ1v) is 9.51. The second-order valence-corrected chi connectivity index (χ2v) is 7.52. The molecule has 2 aromatic rings. The van der Waals surface area contributed by atoms with Gasteiger partial charge in [-0.05, 0) is 39.0 Å². The molecule has 1 saturated heterocycles. The third kappa shape index (κ3) is 5.68. The molecule has 0 saturated carbocycles. The number of hydrogen-bond acceptors (Lipinski definition) is 5. The Hall–Kier alpha value is -2.64. The van der Waals surface area contributed by atoms with Gasteiger partial charge in [-0.15, -0.1) is 0 Å². The summed E-state index contributed by atoms with van der Waals surface area (Å²) >= 11 is 0. The molecule has 150 valence electrons. The number of urea groups is 1. The predicted molar refractivity (Wildman–Crippen MR) is 109 cm³/mol. The van der Waals surface area contributed by atoms with Crippen LogP contribution < -0.4 is 15.4 Å². The van der Waals surface area contributed by atoms with Crippen molar-refractivity contribution in [1.29, 1.82) is 0 Å². The molecule has 1 fully saturated rings. The van der Waals surface area contributed by atoms with E-state index in [0.717, 1.165) is 32.1 Å². The number of amides is 2. The number of carbonyl (C=O) groups excluding carboxylic acids is 1. The number of morpholine rings is 1. The van der Waals surface area contributed by atoms with Crippen molar-refractivity contribution in [3.05, 3.63) is 48.2 Å². The number of aromatic nitrogens is 1. The average Bonchev–Trinajstić information content (AvgIpc) is 2.70. The Morgan fingerprint density at radius 1 is 1.18 bits per heavy atom. The molecule has 0 atom stereocenters. The molecule has 0 spiro atoms. The van der Waals surface area contributed by atoms with Crippen molar-refractivity contribution in [2.75, 3.05) is 38.2 Å². The smallest absolute Gasteiger partial charge is 0.319 e. The number of rotatable bonds is 6. The lowest BCUT2D eigenvalue weighted by Crippen LogP contribution is -2.55. The second-order valence-electron chi connectivity index (χ2n) is 7.52. The van der Waals surface area contributed by atoms with Gasteiger partial charge in [0.25, 0.3) is 0 Å². The summed E-state index contributed by atoms with van der Waals surface area (Å²) in [4.78, 5) is 18.8. The van der Waals surface area contributed by atoms with E-state index < -0.39 is 0 Å². The number of carbonyl (C=O) groups is 1. The van der Waals surface area contributed by atoms with E-state index in [-0.39, 0.29) is 11.6 Å². The van der Waals surface area contributed by atoms with Crippen LogP contribution in [0.1, 0.15) is 19.4 Å². The van der Waals surface area contributed by atoms with Gasteiger partial charge >= 0.3 is 6.03 Å². The molecule has 2 heterocycles. The molecule has 7 heteroatoms. The Bertz CT molecular complexity index is 769. The maximum atomic E-state index is 12.2. The van der Waals surface area contributed by atoms with Gasteiger partial charge in [0.1, 0.15) is 5.75 Å². The highest BCUT2D eigenvalue weighted by Gasteiger charge is 2.28. The van der Waals surface area contributed by atoms with Crippen molar-refractivity contribution in [3.8, 4) is 11.6 Å². The zero-order valence-electron chi connectivity index (χ0n) is 16.7. The Morgan fingerprint density at radius 2 is 1.89 bits per heavy atom. The van der Waals surface area contributed by atoms with Crippen molar-refractivity contribution >= 4 is 11.7 Å². The summed E-state index contributed by atoms with van der Waals surface area (Å²) in [5.41, 5.74) is 1.64. The molecule has 0 bridgehead atoms. The van der Waals surface area contributed by atoms with Gasteiger partial charge in [0.05, 0.1) is 25.1 Å². The summed E-state index contributed by atoms with van der Waals surface area (Å²) in [6, 6.07) is 11.0. The molecule has 0 radical (unpaired) electrons. The maximum absolute atomic E-state index is 12.2. The number of pyridine rings is 1. The molecular weight excluding hydrogens is 356 g/mol. The molecule has 28 heavy (non-hydrogen) atoms. The first kappa shape index (κ1) is 20.1. The molecule has 2 amide bonds. The van der Waals surface area contributed by atoms with Gasteiger partial charge in [-0.25, -0.2) is 9.78 Å². The van der Waals surface area contributed by atoms with Crippen LogP contribution in [0.15, 0.2) is 42.6 Å². The zero-order chi connectivity index (χ0) is 20.0. The molecule has 1 aliphatic heterocycles. The fourth-order valence-corrected chi connectivity index (χ4v) is 2.99. The van der Waals surface area contributed by atoms with E-state index in [1.54, 1.807) is 18.3 Å². The Morgan fingerprint density at radius 3 is 2.54 bits per heavy atom. The van der Waals surface area contributed by atoms with E-state index >= 15 is 0 Å². The van der Waals surface area contributed by atoms with Crippen molar-refractivity contribution < 1.29 is 14.3 Å². The lowest BCUT2D eigenvalue weighted by Gasteiger charge is -2.40. The van der Waals surface area contributed by atoms with Gasteiger partial charge in [-0.1, -0.05) is 17.7 Å². The van der Waals surface area contributed by atoms with Crippen LogP contribution in [0.5, 0.6) is 11.6 Å². The third-order valence-corrected chi connectivity index (χ3v) is 4.79. The van der Waals surface area contributed by atoms with Crippen LogP contribution in [0.2, 0.25) is 0 Å². The predicted octanol–water partition coefficient (Wildman–Crippen LogP) is 3.41. The van der Waals surface area contributed by atoms with Gasteiger partial charge in [-0.2, -0.15) is 0 Å². The van der Waals surface area contributed by atoms with E-state index in [9.17, 15) is 4.79 Å². The number of benzene rings is 1. The molecule has 3 rings (SSSR count). The Balaban J connectivity index is 1.48. The topological polar surface area (TPSA) is 75.7 Å². The third-order valence-electron chi connectivity index (χ3n) is 4.79. The van der Waals surface area contributed by atoms with Gasteiger partial charge < -0.3 is 20.1 Å². The molecule has 7 nitrogen and oxygen atoms in total. The summed E-state index contributed by atoms with van der Waals surface area (Å²) < 4.78 is 11.1. The maximum Gasteiger partial charge on any atom is 0.319 e. The van der Waals surface area contributed by atoms with Crippen LogP contribution in [0, 0.1) is 6.92 Å². The highest BCUT2D eigenvalue weighted by atomic mass is 16.5. The largest absolute Gasteiger partial charge is 0.439 e. The summed E-state index contributed by atoms with van der Waals surface area (Å²) in [5, 5.41) is 5.74. The standard InChI is InChI=1S/C21H28N4O3/c1-16-4-7-18(8-5-16)28-19-9-6-17(14-22-19)24-20(26)23-15-21(2,3)25-10-12-27-13-11-25/h4-9,14H,10-13,15H2,1-3H3,(H2,23,24,26). The second kappa shape index (κ2) is 9.03. The first-order chi connectivity index (χ1) is 13.4. The van der Waals surface area contributed by atoms with Crippen molar-refractivity contribution in [3.63, 3.8) is 0 Å². The van der Waals surface area contributed by atoms with Crippen LogP contribution in [-0.2, 0) is 4.74 Å². The Kier molecular flexibility index (Phi) is 6.49. The molecule has 2 N–H and O–H groups in total. The molecule has 1 aromatic carbocycles. The van der Waals surface area contributed by atoms with E-state index in [0.29, 0.717) is 18.1 Å². The highest BCUT2D eigenvalue weighted by Crippen LogP contribution is 2.21. The highest BCUT2D eigenvalue weighted by molar-refractivity contribution is 5.89. The average molecular weight is 384 g/mol. The fourth-order valence-electron chi connectivity index (χ4n) is 2.99. The summed E-state index contributed by atoms with van der Waals surface area (Å²) in [6.45, 7) is 10.0. The Labute approximate surface area is 166 Å². The number of hydrogen-bond donors (Lipinski definition) is 2. The number of ether oxygens (including phenoxy) is 2. The van der Waals surface area contributed by atoms with Crippen LogP contribution in [-0.4, -0.2) is 54.3 Å². The molecule has 0 aliphatic carbocycles. The lowest BCUT2D eigenvalue weighted by atomic mass is 10.0. The minimum absolute atomic E-state index is 0.134. The van der Waals surface area contributed by atoms with E-state index in [2.05, 4.69) is 34.4 Å². The molecule has 0 unspecified atom stereocenters. The van der Waals surface area contributed by atoms with Gasteiger partial charge in [0.15, 0.2) is 0 Å². The number of nitrogens with zero attached hydrogens (tertiary/aromatic N) is 2. The minimum atomic E-state index is -0.254. The van der Waals surface area contributed by atoms with E-state index in [1.807, 2.05) is 31.2 Å². The normalized spacial score (nSPS) is 15.1. The van der Waals surface area contributed by atoms with Crippen LogP contribution in [0.3, 0.4) is 0 Å². The van der Waals surface area contributed by atoms with Gasteiger partial charge in [0.2, 0.25) is 5.88 Å². The van der Waals surface area contributed by atoms with Crippen molar-refractivity contribution in [2.24, 2.45) is 0 Å². The van der Waals surface area contributed by atoms with Crippen molar-refractivity contribution in [1.82, 2.24) is 15.2 Å². The summed E-state index contributed by atoms with van der Waals surface area (Å²) in [7, 11) is 0. The summed E-state index contributed by atoms with van der Waals surface area (Å²) in [6.07, 6.45) is 1.58. The number of anilines is 1. The van der Waals surface area contributed by atoms with Crippen LogP contribution in [0.4, 0.5) is 10.5 Å². The van der Waals surface area contributed by atoms with Crippen molar-refractivity contribution in [2.45, 2.75) is 26.3 Å².